The fourth-order valence-electron chi connectivity index (χ4n) is 3.14. The van der Waals surface area contributed by atoms with E-state index in [-0.39, 0.29) is 12.3 Å². The predicted molar refractivity (Wildman–Crippen MR) is 126 cm³/mol. The Hall–Kier alpha value is -3.35. The molecule has 0 heterocycles. The van der Waals surface area contributed by atoms with Crippen LogP contribution in [-0.2, 0) is 4.79 Å². The van der Waals surface area contributed by atoms with Crippen LogP contribution in [0.5, 0.6) is 5.75 Å². The topological polar surface area (TPSA) is 87.7 Å². The van der Waals surface area contributed by atoms with Crippen LogP contribution in [0.2, 0.25) is 5.02 Å². The molecule has 0 aliphatic heterocycles. The van der Waals surface area contributed by atoms with E-state index >= 15 is 0 Å². The number of hydrogen-bond donors (Lipinski definition) is 3. The first-order chi connectivity index (χ1) is 15.3. The number of halogens is 1. The van der Waals surface area contributed by atoms with Gasteiger partial charge in [-0.2, -0.15) is 0 Å². The van der Waals surface area contributed by atoms with Crippen molar-refractivity contribution in [1.82, 2.24) is 5.32 Å². The van der Waals surface area contributed by atoms with Gasteiger partial charge in [0.2, 0.25) is 0 Å². The Morgan fingerprint density at radius 2 is 1.62 bits per heavy atom. The number of rotatable bonds is 8. The summed E-state index contributed by atoms with van der Waals surface area (Å²) in [5.74, 6) is -0.746. The molecule has 32 heavy (non-hydrogen) atoms. The van der Waals surface area contributed by atoms with Crippen LogP contribution in [0.25, 0.3) is 0 Å². The van der Waals surface area contributed by atoms with Crippen LogP contribution in [0.1, 0.15) is 29.3 Å². The molecule has 0 aliphatic carbocycles. The molecule has 0 saturated heterocycles. The molecule has 7 heteroatoms. The summed E-state index contributed by atoms with van der Waals surface area (Å²) in [5.41, 5.74) is 2.72. The molecule has 1 amide bonds. The molecule has 166 valence electrons. The molecule has 0 fully saturated rings. The third-order valence-corrected chi connectivity index (χ3v) is 5.31. The van der Waals surface area contributed by atoms with Crippen molar-refractivity contribution in [1.29, 1.82) is 0 Å². The minimum absolute atomic E-state index is 0.0143. The fourth-order valence-corrected chi connectivity index (χ4v) is 3.32. The summed E-state index contributed by atoms with van der Waals surface area (Å²) < 4.78 is 5.15. The predicted octanol–water partition coefficient (Wildman–Crippen LogP) is 4.87. The molecule has 3 rings (SSSR count). The summed E-state index contributed by atoms with van der Waals surface area (Å²) in [6, 6.07) is 20.6. The zero-order valence-corrected chi connectivity index (χ0v) is 18.6. The maximum atomic E-state index is 12.9. The molecule has 2 atom stereocenters. The Morgan fingerprint density at radius 1 is 0.969 bits per heavy atom. The van der Waals surface area contributed by atoms with E-state index in [2.05, 4.69) is 10.6 Å². The molecule has 0 bridgehead atoms. The molecular weight excluding hydrogens is 428 g/mol. The van der Waals surface area contributed by atoms with Gasteiger partial charge in [-0.15, -0.1) is 0 Å². The summed E-state index contributed by atoms with van der Waals surface area (Å²) in [4.78, 5) is 25.0. The smallest absolute Gasteiger partial charge is 0.340 e. The van der Waals surface area contributed by atoms with Gasteiger partial charge in [0.25, 0.3) is 5.91 Å². The van der Waals surface area contributed by atoms with E-state index in [0.717, 1.165) is 11.3 Å². The van der Waals surface area contributed by atoms with Gasteiger partial charge < -0.3 is 20.5 Å². The van der Waals surface area contributed by atoms with Crippen molar-refractivity contribution in [3.63, 3.8) is 0 Å². The summed E-state index contributed by atoms with van der Waals surface area (Å²) in [5, 5.41) is 16.9. The van der Waals surface area contributed by atoms with Crippen LogP contribution in [0.3, 0.4) is 0 Å². The zero-order chi connectivity index (χ0) is 23.1. The monoisotopic (exact) mass is 452 g/mol. The Balaban J connectivity index is 1.63. The Kier molecular flexibility index (Phi) is 7.87. The number of ether oxygens (including phenoxy) is 1. The SMILES string of the molecule is Cc1c(Cl)cccc1Nc1ccccc1C(=O)NC(C)CC(O)C(=O)Oc1ccccc1. The van der Waals surface area contributed by atoms with Crippen molar-refractivity contribution in [3.05, 3.63) is 88.9 Å². The number of aliphatic hydroxyl groups is 1. The van der Waals surface area contributed by atoms with Gasteiger partial charge in [-0.05, 0) is 55.8 Å². The maximum Gasteiger partial charge on any atom is 0.340 e. The van der Waals surface area contributed by atoms with Gasteiger partial charge >= 0.3 is 5.97 Å². The molecule has 0 aliphatic rings. The van der Waals surface area contributed by atoms with Crippen molar-refractivity contribution in [2.24, 2.45) is 0 Å². The van der Waals surface area contributed by atoms with Crippen molar-refractivity contribution in [2.45, 2.75) is 32.4 Å². The molecule has 3 N–H and O–H groups in total. The Morgan fingerprint density at radius 3 is 2.38 bits per heavy atom. The normalized spacial score (nSPS) is 12.5. The molecular formula is C25H25ClN2O4. The Bertz CT molecular complexity index is 1090. The average molecular weight is 453 g/mol. The van der Waals surface area contributed by atoms with Crippen molar-refractivity contribution in [2.75, 3.05) is 5.32 Å². The van der Waals surface area contributed by atoms with Gasteiger partial charge in [-0.3, -0.25) is 4.79 Å². The number of nitrogens with one attached hydrogen (secondary N) is 2. The first kappa shape index (κ1) is 23.3. The average Bonchev–Trinajstić information content (AvgIpc) is 2.77. The summed E-state index contributed by atoms with van der Waals surface area (Å²) in [6.45, 7) is 3.61. The molecule has 0 radical (unpaired) electrons. The standard InChI is InChI=1S/C25H25ClN2O4/c1-16(15-23(29)25(31)32-18-9-4-3-5-10-18)27-24(30)19-11-6-7-13-22(19)28-21-14-8-12-20(26)17(21)2/h3-14,16,23,28-29H,15H2,1-2H3,(H,27,30). The summed E-state index contributed by atoms with van der Waals surface area (Å²) >= 11 is 6.20. The van der Waals surface area contributed by atoms with Crippen LogP contribution in [0.15, 0.2) is 72.8 Å². The first-order valence-electron chi connectivity index (χ1n) is 10.2. The van der Waals surface area contributed by atoms with E-state index in [9.17, 15) is 14.7 Å². The number of benzene rings is 3. The lowest BCUT2D eigenvalue weighted by Crippen LogP contribution is -2.38. The minimum Gasteiger partial charge on any atom is -0.425 e. The van der Waals surface area contributed by atoms with Crippen LogP contribution < -0.4 is 15.4 Å². The second-order valence-electron chi connectivity index (χ2n) is 7.44. The third kappa shape index (κ3) is 6.09. The summed E-state index contributed by atoms with van der Waals surface area (Å²) in [7, 11) is 0. The number of anilines is 2. The quantitative estimate of drug-likeness (QED) is 0.335. The van der Waals surface area contributed by atoms with E-state index < -0.39 is 18.1 Å². The highest BCUT2D eigenvalue weighted by molar-refractivity contribution is 6.31. The molecule has 0 saturated carbocycles. The van der Waals surface area contributed by atoms with Crippen LogP contribution in [-0.4, -0.2) is 29.1 Å². The number of esters is 1. The van der Waals surface area contributed by atoms with Crippen molar-refractivity contribution in [3.8, 4) is 5.75 Å². The fraction of sp³-hybridized carbons (Fsp3) is 0.200. The van der Waals surface area contributed by atoms with E-state index in [4.69, 9.17) is 16.3 Å². The molecule has 6 nitrogen and oxygen atoms in total. The Labute approximate surface area is 192 Å². The lowest BCUT2D eigenvalue weighted by atomic mass is 10.1. The molecule has 0 spiro atoms. The van der Waals surface area contributed by atoms with Gasteiger partial charge in [0.05, 0.1) is 11.3 Å². The number of carbonyl (C=O) groups is 2. The zero-order valence-electron chi connectivity index (χ0n) is 17.8. The number of hydrogen-bond acceptors (Lipinski definition) is 5. The van der Waals surface area contributed by atoms with E-state index in [1.54, 1.807) is 61.5 Å². The van der Waals surface area contributed by atoms with Crippen LogP contribution in [0, 0.1) is 6.92 Å². The maximum absolute atomic E-state index is 12.9. The van der Waals surface area contributed by atoms with Gasteiger partial charge in [0, 0.05) is 23.2 Å². The summed E-state index contributed by atoms with van der Waals surface area (Å²) in [6.07, 6.45) is -1.35. The van der Waals surface area contributed by atoms with Crippen molar-refractivity contribution < 1.29 is 19.4 Å². The first-order valence-corrected chi connectivity index (χ1v) is 10.6. The molecule has 0 aromatic heterocycles. The highest BCUT2D eigenvalue weighted by Gasteiger charge is 2.22. The molecule has 3 aromatic rings. The van der Waals surface area contributed by atoms with E-state index in [1.807, 2.05) is 25.1 Å². The van der Waals surface area contributed by atoms with Crippen LogP contribution >= 0.6 is 11.6 Å². The second-order valence-corrected chi connectivity index (χ2v) is 7.85. The van der Waals surface area contributed by atoms with E-state index in [0.29, 0.717) is 22.0 Å². The number of carbonyl (C=O) groups excluding carboxylic acids is 2. The van der Waals surface area contributed by atoms with Crippen molar-refractivity contribution >= 4 is 34.9 Å². The molecule has 3 aromatic carbocycles. The largest absolute Gasteiger partial charge is 0.425 e. The van der Waals surface area contributed by atoms with Gasteiger partial charge in [0.15, 0.2) is 6.10 Å². The molecule has 2 unspecified atom stereocenters. The van der Waals surface area contributed by atoms with Crippen LogP contribution in [0.4, 0.5) is 11.4 Å². The number of para-hydroxylation sites is 2. The number of aliphatic hydroxyl groups excluding tert-OH is 1. The lowest BCUT2D eigenvalue weighted by Gasteiger charge is -2.19. The lowest BCUT2D eigenvalue weighted by molar-refractivity contribution is -0.144. The van der Waals surface area contributed by atoms with Gasteiger partial charge in [-0.1, -0.05) is 48.0 Å². The van der Waals surface area contributed by atoms with E-state index in [1.165, 1.54) is 0 Å². The van der Waals surface area contributed by atoms with Gasteiger partial charge in [-0.25, -0.2) is 4.79 Å². The second kappa shape index (κ2) is 10.8. The highest BCUT2D eigenvalue weighted by Crippen LogP contribution is 2.28. The minimum atomic E-state index is -1.37. The van der Waals surface area contributed by atoms with Gasteiger partial charge in [0.1, 0.15) is 5.75 Å². The number of amides is 1. The highest BCUT2D eigenvalue weighted by atomic mass is 35.5. The third-order valence-electron chi connectivity index (χ3n) is 4.90.